The summed E-state index contributed by atoms with van der Waals surface area (Å²) in [6, 6.07) is 3.95. The molecular weight excluding hydrogens is 368 g/mol. The molecule has 3 nitrogen and oxygen atoms in total. The van der Waals surface area contributed by atoms with Crippen LogP contribution in [0.4, 0.5) is 0 Å². The lowest BCUT2D eigenvalue weighted by Gasteiger charge is -2.07. The lowest BCUT2D eigenvalue weighted by atomic mass is 10.1. The van der Waals surface area contributed by atoms with Gasteiger partial charge in [0.25, 0.3) is 5.91 Å². The van der Waals surface area contributed by atoms with Crippen LogP contribution >= 0.6 is 0 Å². The van der Waals surface area contributed by atoms with Gasteiger partial charge in [-0.15, -0.1) is 19.7 Å². The molecule has 0 unspecified atom stereocenters. The summed E-state index contributed by atoms with van der Waals surface area (Å²) in [5.74, 6) is -0.00261. The van der Waals surface area contributed by atoms with Gasteiger partial charge in [0.15, 0.2) is 0 Å². The highest BCUT2D eigenvalue weighted by Crippen LogP contribution is 2.20. The second kappa shape index (κ2) is 20.8. The molecule has 0 aromatic carbocycles. The van der Waals surface area contributed by atoms with Crippen LogP contribution in [-0.2, 0) is 4.79 Å². The summed E-state index contributed by atoms with van der Waals surface area (Å²) >= 11 is 0. The van der Waals surface area contributed by atoms with E-state index in [-0.39, 0.29) is 5.91 Å². The van der Waals surface area contributed by atoms with Crippen LogP contribution in [0.1, 0.15) is 59.4 Å². The molecule has 0 spiro atoms. The van der Waals surface area contributed by atoms with Crippen LogP contribution in [0.3, 0.4) is 0 Å². The van der Waals surface area contributed by atoms with E-state index in [0.717, 1.165) is 36.0 Å². The normalized spacial score (nSPS) is 12.1. The highest BCUT2D eigenvalue weighted by molar-refractivity contribution is 5.97. The van der Waals surface area contributed by atoms with Gasteiger partial charge in [0.1, 0.15) is 0 Å². The minimum absolute atomic E-state index is 0.00261. The standard InChI is InChI=1S/C20H24N2O.C3H6.C2H6.C2H4/c1-3-16(4-2)10-15-22-20(23)19-7-5-6-17(8-9-19)18-11-13-21-14-12-18;1-3-2;2*1-2/h3,6-9,11-14H,4-5,10,15H2,1-2H3,(H,22,23);3H,1H2,2H3;1-2H3;1-2H2/b16-3+;;;. The molecule has 0 saturated heterocycles. The Morgan fingerprint density at radius 3 is 2.27 bits per heavy atom. The zero-order valence-corrected chi connectivity index (χ0v) is 19.6. The van der Waals surface area contributed by atoms with Gasteiger partial charge in [-0.1, -0.05) is 56.7 Å². The molecule has 0 atom stereocenters. The molecule has 0 aliphatic heterocycles. The summed E-state index contributed by atoms with van der Waals surface area (Å²) in [6.07, 6.45) is 18.1. The second-order valence-electron chi connectivity index (χ2n) is 5.84. The molecule has 1 aliphatic carbocycles. The smallest absolute Gasteiger partial charge is 0.250 e. The number of aromatic nitrogens is 1. The zero-order chi connectivity index (χ0) is 23.2. The van der Waals surface area contributed by atoms with E-state index in [2.05, 4.69) is 49.1 Å². The summed E-state index contributed by atoms with van der Waals surface area (Å²) in [5, 5.41) is 3.00. The molecule has 1 amide bonds. The fraction of sp³-hybridized carbons (Fsp3) is 0.333. The zero-order valence-electron chi connectivity index (χ0n) is 19.6. The summed E-state index contributed by atoms with van der Waals surface area (Å²) in [5.41, 5.74) is 4.33. The Morgan fingerprint density at radius 2 is 1.73 bits per heavy atom. The quantitative estimate of drug-likeness (QED) is 0.504. The molecule has 164 valence electrons. The number of nitrogens with one attached hydrogen (secondary N) is 1. The van der Waals surface area contributed by atoms with Crippen LogP contribution in [0, 0.1) is 0 Å². The van der Waals surface area contributed by atoms with Gasteiger partial charge in [0.05, 0.1) is 0 Å². The topological polar surface area (TPSA) is 42.0 Å². The number of amides is 1. The van der Waals surface area contributed by atoms with Crippen LogP contribution in [-0.4, -0.2) is 17.4 Å². The van der Waals surface area contributed by atoms with Crippen LogP contribution < -0.4 is 5.32 Å². The van der Waals surface area contributed by atoms with Crippen molar-refractivity contribution in [2.45, 2.75) is 53.9 Å². The number of hydrogen-bond acceptors (Lipinski definition) is 2. The van der Waals surface area contributed by atoms with E-state index in [1.165, 1.54) is 5.57 Å². The third-order valence-electron chi connectivity index (χ3n) is 3.99. The molecule has 0 bridgehead atoms. The first-order valence-electron chi connectivity index (χ1n) is 10.6. The maximum Gasteiger partial charge on any atom is 0.250 e. The molecule has 0 fully saturated rings. The molecular formula is C27H40N2O. The molecule has 30 heavy (non-hydrogen) atoms. The maximum atomic E-state index is 12.3. The van der Waals surface area contributed by atoms with E-state index in [0.29, 0.717) is 6.54 Å². The molecule has 0 radical (unpaired) electrons. The van der Waals surface area contributed by atoms with Gasteiger partial charge in [0, 0.05) is 24.5 Å². The monoisotopic (exact) mass is 408 g/mol. The van der Waals surface area contributed by atoms with Crippen molar-refractivity contribution >= 4 is 11.5 Å². The number of pyridine rings is 1. The minimum atomic E-state index is -0.00261. The SMILES string of the molecule is C/C=C(\CC)CCNC(=O)C1=CCC=C(c2ccncc2)C=C1.C=C.C=CC.CC. The van der Waals surface area contributed by atoms with Crippen molar-refractivity contribution in [2.75, 3.05) is 6.54 Å². The lowest BCUT2D eigenvalue weighted by molar-refractivity contribution is -0.117. The largest absolute Gasteiger partial charge is 0.352 e. The van der Waals surface area contributed by atoms with Gasteiger partial charge in [-0.3, -0.25) is 9.78 Å². The maximum absolute atomic E-state index is 12.3. The van der Waals surface area contributed by atoms with Crippen molar-refractivity contribution in [3.63, 3.8) is 0 Å². The van der Waals surface area contributed by atoms with E-state index >= 15 is 0 Å². The average molecular weight is 409 g/mol. The molecule has 1 heterocycles. The summed E-state index contributed by atoms with van der Waals surface area (Å²) < 4.78 is 0. The van der Waals surface area contributed by atoms with E-state index in [1.54, 1.807) is 18.5 Å². The predicted molar refractivity (Wildman–Crippen MR) is 134 cm³/mol. The number of carbonyl (C=O) groups is 1. The highest BCUT2D eigenvalue weighted by atomic mass is 16.1. The summed E-state index contributed by atoms with van der Waals surface area (Å²) in [4.78, 5) is 16.3. The molecule has 1 aromatic heterocycles. The minimum Gasteiger partial charge on any atom is -0.352 e. The van der Waals surface area contributed by atoms with Gasteiger partial charge in [-0.25, -0.2) is 0 Å². The Balaban J connectivity index is 0. The van der Waals surface area contributed by atoms with E-state index in [1.807, 2.05) is 58.1 Å². The van der Waals surface area contributed by atoms with Gasteiger partial charge in [-0.2, -0.15) is 0 Å². The van der Waals surface area contributed by atoms with Crippen molar-refractivity contribution < 1.29 is 4.79 Å². The third-order valence-corrected chi connectivity index (χ3v) is 3.99. The fourth-order valence-electron chi connectivity index (χ4n) is 2.52. The van der Waals surface area contributed by atoms with Crippen molar-refractivity contribution in [3.8, 4) is 0 Å². The molecule has 1 aromatic rings. The molecule has 0 saturated carbocycles. The lowest BCUT2D eigenvalue weighted by Crippen LogP contribution is -2.25. The first-order chi connectivity index (χ1) is 14.7. The molecule has 1 N–H and O–H groups in total. The van der Waals surface area contributed by atoms with Crippen molar-refractivity contribution in [1.82, 2.24) is 10.3 Å². The first kappa shape index (κ1) is 29.3. The van der Waals surface area contributed by atoms with Gasteiger partial charge in [0.2, 0.25) is 0 Å². The van der Waals surface area contributed by atoms with Crippen LogP contribution in [0.15, 0.2) is 91.9 Å². The van der Waals surface area contributed by atoms with E-state index in [4.69, 9.17) is 0 Å². The predicted octanol–water partition coefficient (Wildman–Crippen LogP) is 7.23. The first-order valence-corrected chi connectivity index (χ1v) is 10.6. The Labute approximate surface area is 184 Å². The highest BCUT2D eigenvalue weighted by Gasteiger charge is 2.08. The second-order valence-corrected chi connectivity index (χ2v) is 5.84. The fourth-order valence-corrected chi connectivity index (χ4v) is 2.52. The van der Waals surface area contributed by atoms with Crippen molar-refractivity contribution in [3.05, 3.63) is 97.4 Å². The van der Waals surface area contributed by atoms with Crippen LogP contribution in [0.2, 0.25) is 0 Å². The summed E-state index contributed by atoms with van der Waals surface area (Å²) in [7, 11) is 0. The molecule has 3 heteroatoms. The Bertz CT molecular complexity index is 710. The van der Waals surface area contributed by atoms with Crippen LogP contribution in [0.25, 0.3) is 5.57 Å². The van der Waals surface area contributed by atoms with Gasteiger partial charge in [-0.05, 0) is 62.5 Å². The van der Waals surface area contributed by atoms with Gasteiger partial charge >= 0.3 is 0 Å². The summed E-state index contributed by atoms with van der Waals surface area (Å²) in [6.45, 7) is 20.1. The Morgan fingerprint density at radius 1 is 1.13 bits per heavy atom. The molecule has 2 rings (SSSR count). The van der Waals surface area contributed by atoms with E-state index < -0.39 is 0 Å². The van der Waals surface area contributed by atoms with Crippen LogP contribution in [0.5, 0.6) is 0 Å². The number of allylic oxidation sites excluding steroid dienone is 6. The van der Waals surface area contributed by atoms with Crippen molar-refractivity contribution in [1.29, 1.82) is 0 Å². The Hall–Kier alpha value is -2.94. The number of rotatable bonds is 6. The number of hydrogen-bond donors (Lipinski definition) is 1. The Kier molecular flexibility index (Phi) is 20.3. The van der Waals surface area contributed by atoms with E-state index in [9.17, 15) is 4.79 Å². The van der Waals surface area contributed by atoms with Crippen molar-refractivity contribution in [2.24, 2.45) is 0 Å². The third kappa shape index (κ3) is 12.5. The van der Waals surface area contributed by atoms with Gasteiger partial charge < -0.3 is 5.32 Å². The molecule has 1 aliphatic rings. The number of carbonyl (C=O) groups excluding carboxylic acids is 1. The average Bonchev–Trinajstić information content (AvgIpc) is 3.07. The number of nitrogens with zero attached hydrogens (tertiary/aromatic N) is 1.